The molecule has 0 aliphatic carbocycles. The van der Waals surface area contributed by atoms with Gasteiger partial charge in [0.2, 0.25) is 0 Å². The number of carbonyl (C=O) groups is 1. The molecule has 1 aliphatic heterocycles. The maximum atomic E-state index is 12.4. The Morgan fingerprint density at radius 2 is 2.30 bits per heavy atom. The Balaban J connectivity index is 1.93. The van der Waals surface area contributed by atoms with Gasteiger partial charge in [0.1, 0.15) is 0 Å². The van der Waals surface area contributed by atoms with E-state index < -0.39 is 0 Å². The predicted octanol–water partition coefficient (Wildman–Crippen LogP) is 1.25. The van der Waals surface area contributed by atoms with E-state index in [-0.39, 0.29) is 11.4 Å². The first kappa shape index (κ1) is 13.1. The van der Waals surface area contributed by atoms with Gasteiger partial charge in [0.05, 0.1) is 29.1 Å². The molecule has 1 amide bonds. The quantitative estimate of drug-likeness (QED) is 0.895. The first-order chi connectivity index (χ1) is 9.48. The number of rotatable bonds is 2. The summed E-state index contributed by atoms with van der Waals surface area (Å²) in [6, 6.07) is 1.89. The third kappa shape index (κ3) is 2.16. The van der Waals surface area contributed by atoms with E-state index >= 15 is 0 Å². The van der Waals surface area contributed by atoms with E-state index in [2.05, 4.69) is 15.4 Å². The van der Waals surface area contributed by atoms with Crippen molar-refractivity contribution in [1.82, 2.24) is 19.9 Å². The van der Waals surface area contributed by atoms with Gasteiger partial charge in [-0.15, -0.1) is 0 Å². The van der Waals surface area contributed by atoms with Gasteiger partial charge < -0.3 is 10.1 Å². The van der Waals surface area contributed by atoms with Crippen LogP contribution in [-0.2, 0) is 4.74 Å². The molecule has 6 heteroatoms. The molecule has 6 nitrogen and oxygen atoms in total. The minimum Gasteiger partial charge on any atom is -0.379 e. The van der Waals surface area contributed by atoms with Crippen LogP contribution in [0.15, 0.2) is 12.3 Å². The average molecular weight is 274 g/mol. The highest BCUT2D eigenvalue weighted by Gasteiger charge is 2.32. The van der Waals surface area contributed by atoms with Crippen molar-refractivity contribution in [3.63, 3.8) is 0 Å². The van der Waals surface area contributed by atoms with Crippen LogP contribution in [0.5, 0.6) is 0 Å². The molecule has 1 aliphatic rings. The number of amides is 1. The van der Waals surface area contributed by atoms with Crippen molar-refractivity contribution in [3.05, 3.63) is 29.2 Å². The van der Waals surface area contributed by atoms with Gasteiger partial charge in [0.25, 0.3) is 5.91 Å². The number of aromatic nitrogens is 3. The highest BCUT2D eigenvalue weighted by Crippen LogP contribution is 2.19. The number of fused-ring (bicyclic) bond motifs is 1. The number of nitrogens with one attached hydrogen (secondary N) is 1. The lowest BCUT2D eigenvalue weighted by Crippen LogP contribution is -2.46. The van der Waals surface area contributed by atoms with Crippen molar-refractivity contribution in [1.29, 1.82) is 0 Å². The Hall–Kier alpha value is -1.95. The molecule has 1 N–H and O–H groups in total. The second-order valence-electron chi connectivity index (χ2n) is 5.63. The minimum absolute atomic E-state index is 0.127. The van der Waals surface area contributed by atoms with Crippen molar-refractivity contribution in [2.24, 2.45) is 0 Å². The minimum atomic E-state index is -0.293. The van der Waals surface area contributed by atoms with Crippen LogP contribution in [0.4, 0.5) is 0 Å². The van der Waals surface area contributed by atoms with Crippen molar-refractivity contribution in [3.8, 4) is 0 Å². The van der Waals surface area contributed by atoms with Crippen LogP contribution in [0.1, 0.15) is 35.1 Å². The molecule has 0 spiro atoms. The summed E-state index contributed by atoms with van der Waals surface area (Å²) < 4.78 is 7.06. The topological polar surface area (TPSA) is 68.5 Å². The second-order valence-corrected chi connectivity index (χ2v) is 5.63. The third-order valence-electron chi connectivity index (χ3n) is 3.72. The lowest BCUT2D eigenvalue weighted by molar-refractivity contribution is 0.0888. The van der Waals surface area contributed by atoms with Crippen LogP contribution in [0.3, 0.4) is 0 Å². The first-order valence-electron chi connectivity index (χ1n) is 6.71. The Morgan fingerprint density at radius 3 is 3.00 bits per heavy atom. The van der Waals surface area contributed by atoms with Crippen LogP contribution in [0, 0.1) is 13.8 Å². The molecule has 1 fully saturated rings. The zero-order chi connectivity index (χ0) is 14.3. The second kappa shape index (κ2) is 4.56. The van der Waals surface area contributed by atoms with E-state index in [1.807, 2.05) is 26.8 Å². The zero-order valence-corrected chi connectivity index (χ0v) is 11.9. The molecule has 2 aromatic rings. The number of hydrogen-bond acceptors (Lipinski definition) is 4. The summed E-state index contributed by atoms with van der Waals surface area (Å²) in [5.74, 6) is -0.127. The molecule has 0 bridgehead atoms. The standard InChI is InChI=1S/C14H18N4O2/c1-9-6-12-15-7-11(10(2)18(12)17-9)13(19)16-14(3)4-5-20-8-14/h6-7H,4-5,8H2,1-3H3,(H,16,19). The van der Waals surface area contributed by atoms with Gasteiger partial charge in [-0.05, 0) is 27.2 Å². The molecular weight excluding hydrogens is 256 g/mol. The van der Waals surface area contributed by atoms with Gasteiger partial charge in [0, 0.05) is 18.9 Å². The molecule has 2 aromatic heterocycles. The van der Waals surface area contributed by atoms with Crippen LogP contribution >= 0.6 is 0 Å². The van der Waals surface area contributed by atoms with E-state index in [4.69, 9.17) is 4.74 Å². The molecule has 106 valence electrons. The van der Waals surface area contributed by atoms with Crippen molar-refractivity contribution in [2.75, 3.05) is 13.2 Å². The molecule has 0 radical (unpaired) electrons. The molecule has 20 heavy (non-hydrogen) atoms. The van der Waals surface area contributed by atoms with Crippen molar-refractivity contribution < 1.29 is 9.53 Å². The maximum absolute atomic E-state index is 12.4. The summed E-state index contributed by atoms with van der Waals surface area (Å²) >= 11 is 0. The molecule has 3 heterocycles. The van der Waals surface area contributed by atoms with E-state index in [9.17, 15) is 4.79 Å². The van der Waals surface area contributed by atoms with Gasteiger partial charge in [-0.1, -0.05) is 0 Å². The zero-order valence-electron chi connectivity index (χ0n) is 11.9. The summed E-state index contributed by atoms with van der Waals surface area (Å²) in [5, 5.41) is 7.39. The Labute approximate surface area is 117 Å². The van der Waals surface area contributed by atoms with Crippen LogP contribution in [0.2, 0.25) is 0 Å². The highest BCUT2D eigenvalue weighted by molar-refractivity contribution is 5.95. The molecule has 0 saturated carbocycles. The molecule has 1 atom stereocenters. The van der Waals surface area contributed by atoms with Crippen molar-refractivity contribution in [2.45, 2.75) is 32.7 Å². The van der Waals surface area contributed by atoms with Crippen molar-refractivity contribution >= 4 is 11.6 Å². The highest BCUT2D eigenvalue weighted by atomic mass is 16.5. The predicted molar refractivity (Wildman–Crippen MR) is 73.8 cm³/mol. The van der Waals surface area contributed by atoms with E-state index in [1.54, 1.807) is 10.7 Å². The average Bonchev–Trinajstić information content (AvgIpc) is 2.95. The number of aryl methyl sites for hydroxylation is 2. The van der Waals surface area contributed by atoms with Gasteiger partial charge in [-0.2, -0.15) is 5.10 Å². The van der Waals surface area contributed by atoms with E-state index in [1.165, 1.54) is 0 Å². The lowest BCUT2D eigenvalue weighted by Gasteiger charge is -2.23. The number of nitrogens with zero attached hydrogens (tertiary/aromatic N) is 3. The van der Waals surface area contributed by atoms with Crippen LogP contribution in [0.25, 0.3) is 5.65 Å². The summed E-state index contributed by atoms with van der Waals surface area (Å²) in [6.07, 6.45) is 2.44. The van der Waals surface area contributed by atoms with Crippen LogP contribution in [-0.4, -0.2) is 39.3 Å². The summed E-state index contributed by atoms with van der Waals surface area (Å²) in [6.45, 7) is 7.02. The summed E-state index contributed by atoms with van der Waals surface area (Å²) in [5.41, 5.74) is 2.69. The fourth-order valence-corrected chi connectivity index (χ4v) is 2.49. The van der Waals surface area contributed by atoms with Crippen LogP contribution < -0.4 is 5.32 Å². The third-order valence-corrected chi connectivity index (χ3v) is 3.72. The SMILES string of the molecule is Cc1cc2ncc(C(=O)NC3(C)CCOC3)c(C)n2n1. The van der Waals surface area contributed by atoms with Gasteiger partial charge in [0.15, 0.2) is 5.65 Å². The van der Waals surface area contributed by atoms with E-state index in [0.717, 1.165) is 23.5 Å². The smallest absolute Gasteiger partial charge is 0.255 e. The fraction of sp³-hybridized carbons (Fsp3) is 0.500. The molecule has 1 unspecified atom stereocenters. The van der Waals surface area contributed by atoms with E-state index in [0.29, 0.717) is 18.8 Å². The normalized spacial score (nSPS) is 22.4. The number of hydrogen-bond donors (Lipinski definition) is 1. The molecular formula is C14H18N4O2. The molecule has 3 rings (SSSR count). The summed E-state index contributed by atoms with van der Waals surface area (Å²) in [4.78, 5) is 16.7. The fourth-order valence-electron chi connectivity index (χ4n) is 2.49. The maximum Gasteiger partial charge on any atom is 0.255 e. The van der Waals surface area contributed by atoms with Gasteiger partial charge >= 0.3 is 0 Å². The Kier molecular flexibility index (Phi) is 2.97. The number of carbonyl (C=O) groups excluding carboxylic acids is 1. The summed E-state index contributed by atoms with van der Waals surface area (Å²) in [7, 11) is 0. The largest absolute Gasteiger partial charge is 0.379 e. The van der Waals surface area contributed by atoms with Gasteiger partial charge in [-0.25, -0.2) is 9.50 Å². The molecule has 1 saturated heterocycles. The number of ether oxygens (including phenoxy) is 1. The van der Waals surface area contributed by atoms with Gasteiger partial charge in [-0.3, -0.25) is 4.79 Å². The first-order valence-corrected chi connectivity index (χ1v) is 6.71. The molecule has 0 aromatic carbocycles. The Morgan fingerprint density at radius 1 is 1.50 bits per heavy atom. The lowest BCUT2D eigenvalue weighted by atomic mass is 10.0. The monoisotopic (exact) mass is 274 g/mol. The Bertz CT molecular complexity index is 671.